The van der Waals surface area contributed by atoms with Gasteiger partial charge in [-0.25, -0.2) is 0 Å². The molecule has 0 saturated heterocycles. The second-order valence-corrected chi connectivity index (χ2v) is 12.7. The van der Waals surface area contributed by atoms with Gasteiger partial charge in [0.25, 0.3) is 0 Å². The molecule has 0 fully saturated rings. The average Bonchev–Trinajstić information content (AvgIpc) is 2.95. The first kappa shape index (κ1) is 32.6. The summed E-state index contributed by atoms with van der Waals surface area (Å²) in [4.78, 5) is 10.5. The zero-order valence-corrected chi connectivity index (χ0v) is 27.4. The Bertz CT molecular complexity index is 1410. The van der Waals surface area contributed by atoms with Crippen LogP contribution in [0.5, 0.6) is 11.5 Å². The van der Waals surface area contributed by atoms with Gasteiger partial charge in [-0.2, -0.15) is 0 Å². The number of aromatic hydroxyl groups is 2. The second kappa shape index (κ2) is 15.4. The van der Waals surface area contributed by atoms with E-state index in [2.05, 4.69) is 24.3 Å². The fourth-order valence-corrected chi connectivity index (χ4v) is 4.98. The van der Waals surface area contributed by atoms with Crippen molar-refractivity contribution in [2.75, 3.05) is 0 Å². The van der Waals surface area contributed by atoms with E-state index in [9.17, 15) is 10.2 Å². The Balaban J connectivity index is 0.00000147. The quantitative estimate of drug-likeness (QED) is 0.159. The molecule has 0 saturated carbocycles. The number of benzene rings is 4. The Labute approximate surface area is 260 Å². The predicted octanol–water partition coefficient (Wildman–Crippen LogP) is 9.51. The first-order valence-corrected chi connectivity index (χ1v) is 17.6. The first-order valence-electron chi connectivity index (χ1n) is 13.3. The van der Waals surface area contributed by atoms with Gasteiger partial charge >= 0.3 is 35.6 Å². The molecule has 4 aromatic rings. The molecule has 7 heteroatoms. The van der Waals surface area contributed by atoms with Crippen molar-refractivity contribution >= 4 is 30.0 Å². The standard InChI is InChI=1S/C34H36N2O2.2ClH.Ti/c1-21-17-23(3)33(37)29(19-21)25(5)35-31(27-13-9-7-10-14-27)32(28-15-11-8-12-16-28)36-26(6)30-20-22(2)18-24(4)34(30)38;;;/h7-20,31-32,37-38H,1-6H3;2*1H;/q;;;+2/p-2/t31-,32-;;;/m1.../s1. The number of hydrogen-bond acceptors (Lipinski definition) is 4. The van der Waals surface area contributed by atoms with E-state index >= 15 is 0 Å². The van der Waals surface area contributed by atoms with Crippen LogP contribution in [0.3, 0.4) is 0 Å². The van der Waals surface area contributed by atoms with Crippen molar-refractivity contribution in [2.45, 2.75) is 53.6 Å². The Morgan fingerprint density at radius 2 is 0.927 bits per heavy atom. The van der Waals surface area contributed by atoms with Gasteiger partial charge in [-0.1, -0.05) is 72.8 Å². The van der Waals surface area contributed by atoms with E-state index in [1.54, 1.807) is 0 Å². The van der Waals surface area contributed by atoms with Gasteiger partial charge in [-0.15, -0.1) is 0 Å². The summed E-state index contributed by atoms with van der Waals surface area (Å²) in [5.41, 5.74) is 8.76. The molecule has 0 bridgehead atoms. The van der Waals surface area contributed by atoms with Gasteiger partial charge in [0, 0.05) is 22.6 Å². The van der Waals surface area contributed by atoms with Crippen molar-refractivity contribution in [3.63, 3.8) is 0 Å². The van der Waals surface area contributed by atoms with E-state index in [0.717, 1.165) is 55.9 Å². The Hall–Kier alpha value is -2.89. The van der Waals surface area contributed by atoms with Gasteiger partial charge in [-0.05, 0) is 87.1 Å². The van der Waals surface area contributed by atoms with Crippen LogP contribution in [0.25, 0.3) is 0 Å². The van der Waals surface area contributed by atoms with E-state index in [-0.39, 0.29) is 23.6 Å². The van der Waals surface area contributed by atoms with Gasteiger partial charge in [0.1, 0.15) is 23.6 Å². The second-order valence-electron chi connectivity index (χ2n) is 10.2. The maximum absolute atomic E-state index is 10.9. The molecule has 4 nitrogen and oxygen atoms in total. The summed E-state index contributed by atoms with van der Waals surface area (Å²) in [5, 5.41) is 21.7. The fraction of sp³-hybridized carbons (Fsp3) is 0.235. The molecular formula is C34H36Cl2N2O2Ti. The molecular weight excluding hydrogens is 587 g/mol. The number of halogens is 2. The SMILES string of the molecule is CC(=N[C@H](c1ccccc1)[C@H](N=C(C)c1cc(C)cc(C)c1O)c1ccccc1)c1cc(C)cc(C)c1O.[Cl][Ti][Cl]. The maximum atomic E-state index is 10.9. The third-order valence-electron chi connectivity index (χ3n) is 6.92. The molecule has 0 aromatic heterocycles. The summed E-state index contributed by atoms with van der Waals surface area (Å²) in [5.74, 6) is 0.500. The number of nitrogens with zero attached hydrogens (tertiary/aromatic N) is 2. The van der Waals surface area contributed by atoms with Gasteiger partial charge < -0.3 is 10.2 Å². The first-order chi connectivity index (χ1) is 19.6. The molecule has 212 valence electrons. The zero-order valence-electron chi connectivity index (χ0n) is 24.3. The molecule has 2 N–H and O–H groups in total. The number of phenols is 2. The van der Waals surface area contributed by atoms with E-state index in [4.69, 9.17) is 28.6 Å². The minimum atomic E-state index is -0.556. The number of rotatable bonds is 7. The Kier molecular flexibility index (Phi) is 12.2. The van der Waals surface area contributed by atoms with Crippen molar-refractivity contribution in [1.29, 1.82) is 0 Å². The van der Waals surface area contributed by atoms with Crippen LogP contribution in [0, 0.1) is 27.7 Å². The summed E-state index contributed by atoms with van der Waals surface area (Å²) in [6.45, 7) is 11.7. The molecule has 0 aliphatic carbocycles. The molecule has 0 aliphatic rings. The summed E-state index contributed by atoms with van der Waals surface area (Å²) in [7, 11) is 9.78. The van der Waals surface area contributed by atoms with Gasteiger partial charge in [0.05, 0.1) is 0 Å². The van der Waals surface area contributed by atoms with Crippen LogP contribution in [0.2, 0.25) is 0 Å². The molecule has 41 heavy (non-hydrogen) atoms. The third-order valence-corrected chi connectivity index (χ3v) is 6.92. The zero-order chi connectivity index (χ0) is 30.1. The molecule has 0 unspecified atom stereocenters. The molecule has 4 rings (SSSR count). The Morgan fingerprint density at radius 1 is 0.610 bits per heavy atom. The van der Waals surface area contributed by atoms with Crippen molar-refractivity contribution in [1.82, 2.24) is 0 Å². The fourth-order valence-electron chi connectivity index (χ4n) is 4.98. The van der Waals surface area contributed by atoms with E-state index in [0.29, 0.717) is 0 Å². The van der Waals surface area contributed by atoms with E-state index in [1.807, 2.05) is 102 Å². The third kappa shape index (κ3) is 8.56. The van der Waals surface area contributed by atoms with E-state index < -0.39 is 17.0 Å². The topological polar surface area (TPSA) is 65.2 Å². The van der Waals surface area contributed by atoms with Crippen LogP contribution in [0.4, 0.5) is 0 Å². The number of phenolic OH excluding ortho intramolecular Hbond substituents is 2. The molecule has 0 heterocycles. The van der Waals surface area contributed by atoms with Crippen molar-refractivity contribution in [3.05, 3.63) is 129 Å². The normalized spacial score (nSPS) is 13.2. The number of hydrogen-bond donors (Lipinski definition) is 2. The number of aliphatic imine (C=N–C) groups is 2. The molecule has 0 aliphatic heterocycles. The van der Waals surface area contributed by atoms with Crippen LogP contribution in [-0.2, 0) is 17.0 Å². The van der Waals surface area contributed by atoms with E-state index in [1.165, 1.54) is 0 Å². The van der Waals surface area contributed by atoms with Crippen LogP contribution in [0.1, 0.15) is 70.4 Å². The molecule has 0 amide bonds. The Morgan fingerprint density at radius 3 is 1.24 bits per heavy atom. The van der Waals surface area contributed by atoms with Crippen molar-refractivity contribution < 1.29 is 27.2 Å². The molecule has 0 radical (unpaired) electrons. The minimum absolute atomic E-state index is 0.250. The molecule has 2 atom stereocenters. The van der Waals surface area contributed by atoms with Crippen molar-refractivity contribution in [3.8, 4) is 11.5 Å². The van der Waals surface area contributed by atoms with Gasteiger partial charge in [0.2, 0.25) is 0 Å². The molecule has 0 spiro atoms. The summed E-state index contributed by atoms with van der Waals surface area (Å²) < 4.78 is 0. The number of aryl methyl sites for hydroxylation is 4. The average molecular weight is 623 g/mol. The monoisotopic (exact) mass is 622 g/mol. The van der Waals surface area contributed by atoms with Gasteiger partial charge in [0.15, 0.2) is 0 Å². The van der Waals surface area contributed by atoms with Crippen LogP contribution in [-0.4, -0.2) is 21.6 Å². The van der Waals surface area contributed by atoms with Gasteiger partial charge in [-0.3, -0.25) is 9.98 Å². The summed E-state index contributed by atoms with van der Waals surface area (Å²) in [6.07, 6.45) is 0. The van der Waals surface area contributed by atoms with Crippen LogP contribution < -0.4 is 0 Å². The van der Waals surface area contributed by atoms with Crippen LogP contribution >= 0.6 is 18.6 Å². The van der Waals surface area contributed by atoms with Crippen LogP contribution in [0.15, 0.2) is 94.9 Å². The van der Waals surface area contributed by atoms with Crippen molar-refractivity contribution in [2.24, 2.45) is 9.98 Å². The summed E-state index contributed by atoms with van der Waals surface area (Å²) >= 11 is -0.556. The predicted molar refractivity (Wildman–Crippen MR) is 170 cm³/mol. The summed E-state index contributed by atoms with van der Waals surface area (Å²) in [6, 6.07) is 27.5. The molecule has 4 aromatic carbocycles.